The Balaban J connectivity index is 3.16. The standard InChI is InChI=1S/C4H6BrNO3/c5-3-1-2-4(7)9-6-8/h1-3H2. The molecule has 0 aliphatic carbocycles. The number of alkyl halides is 1. The summed E-state index contributed by atoms with van der Waals surface area (Å²) < 4.78 is 0. The number of carbonyl (C=O) groups excluding carboxylic acids is 1. The summed E-state index contributed by atoms with van der Waals surface area (Å²) in [4.78, 5) is 23.3. The molecule has 0 saturated carbocycles. The van der Waals surface area contributed by atoms with E-state index in [-0.39, 0.29) is 6.42 Å². The smallest absolute Gasteiger partial charge is 0.285 e. The molecule has 0 N–H and O–H groups in total. The highest BCUT2D eigenvalue weighted by Crippen LogP contribution is 1.95. The minimum absolute atomic E-state index is 0.233. The van der Waals surface area contributed by atoms with Crippen LogP contribution in [0.25, 0.3) is 0 Å². The topological polar surface area (TPSA) is 55.7 Å². The van der Waals surface area contributed by atoms with Crippen LogP contribution in [0.3, 0.4) is 0 Å². The van der Waals surface area contributed by atoms with Crippen LogP contribution in [0.4, 0.5) is 0 Å². The zero-order valence-electron chi connectivity index (χ0n) is 4.67. The molecule has 0 aliphatic rings. The van der Waals surface area contributed by atoms with E-state index in [1.54, 1.807) is 0 Å². The molecule has 0 atom stereocenters. The largest absolute Gasteiger partial charge is 0.338 e. The molecule has 52 valence electrons. The zero-order chi connectivity index (χ0) is 7.11. The molecule has 0 fully saturated rings. The second kappa shape index (κ2) is 5.68. The van der Waals surface area contributed by atoms with Gasteiger partial charge in [0.15, 0.2) is 5.34 Å². The number of halogens is 1. The minimum atomic E-state index is -0.579. The summed E-state index contributed by atoms with van der Waals surface area (Å²) in [5.74, 6) is -0.579. The van der Waals surface area contributed by atoms with E-state index in [0.717, 1.165) is 5.33 Å². The van der Waals surface area contributed by atoms with E-state index < -0.39 is 5.97 Å². The van der Waals surface area contributed by atoms with Gasteiger partial charge in [0, 0.05) is 11.8 Å². The highest BCUT2D eigenvalue weighted by Gasteiger charge is 2.00. The van der Waals surface area contributed by atoms with Crippen molar-refractivity contribution in [3.63, 3.8) is 0 Å². The van der Waals surface area contributed by atoms with Gasteiger partial charge in [0.05, 0.1) is 0 Å². The van der Waals surface area contributed by atoms with Crippen LogP contribution in [0.15, 0.2) is 5.34 Å². The van der Waals surface area contributed by atoms with Crippen molar-refractivity contribution in [2.24, 2.45) is 5.34 Å². The lowest BCUT2D eigenvalue weighted by Gasteiger charge is -1.89. The van der Waals surface area contributed by atoms with E-state index in [0.29, 0.717) is 6.42 Å². The molecular weight excluding hydrogens is 190 g/mol. The first-order valence-corrected chi connectivity index (χ1v) is 3.52. The highest BCUT2D eigenvalue weighted by molar-refractivity contribution is 9.09. The molecule has 0 radical (unpaired) electrons. The Hall–Kier alpha value is -0.450. The van der Waals surface area contributed by atoms with Crippen LogP contribution in [0.2, 0.25) is 0 Å². The lowest BCUT2D eigenvalue weighted by atomic mass is 10.3. The summed E-state index contributed by atoms with van der Waals surface area (Å²) in [6.07, 6.45) is 0.894. The molecule has 0 aromatic heterocycles. The van der Waals surface area contributed by atoms with E-state index in [1.165, 1.54) is 0 Å². The first kappa shape index (κ1) is 8.55. The summed E-state index contributed by atoms with van der Waals surface area (Å²) in [6, 6.07) is 0. The predicted octanol–water partition coefficient (Wildman–Crippen LogP) is 1.39. The van der Waals surface area contributed by atoms with Crippen molar-refractivity contribution in [3.8, 4) is 0 Å². The number of nitrogens with zero attached hydrogens (tertiary/aromatic N) is 1. The van der Waals surface area contributed by atoms with Crippen molar-refractivity contribution in [1.82, 2.24) is 0 Å². The fourth-order valence-corrected chi connectivity index (χ4v) is 0.579. The van der Waals surface area contributed by atoms with Gasteiger partial charge in [-0.2, -0.15) is 0 Å². The fraction of sp³-hybridized carbons (Fsp3) is 0.750. The maximum Gasteiger partial charge on any atom is 0.338 e. The average molecular weight is 196 g/mol. The summed E-state index contributed by atoms with van der Waals surface area (Å²) in [5.41, 5.74) is 0. The van der Waals surface area contributed by atoms with Crippen LogP contribution in [0, 0.1) is 4.91 Å². The van der Waals surface area contributed by atoms with Gasteiger partial charge in [0.25, 0.3) is 0 Å². The van der Waals surface area contributed by atoms with Crippen LogP contribution < -0.4 is 0 Å². The van der Waals surface area contributed by atoms with Crippen LogP contribution >= 0.6 is 15.9 Å². The van der Waals surface area contributed by atoms with Crippen LogP contribution in [-0.4, -0.2) is 11.3 Å². The van der Waals surface area contributed by atoms with Crippen LogP contribution in [-0.2, 0) is 9.63 Å². The van der Waals surface area contributed by atoms with Crippen molar-refractivity contribution < 1.29 is 9.63 Å². The van der Waals surface area contributed by atoms with E-state index in [4.69, 9.17) is 0 Å². The van der Waals surface area contributed by atoms with E-state index in [9.17, 15) is 9.70 Å². The molecular formula is C4H6BrNO3. The van der Waals surface area contributed by atoms with Crippen LogP contribution in [0.5, 0.6) is 0 Å². The third-order valence-electron chi connectivity index (χ3n) is 0.654. The molecule has 0 bridgehead atoms. The molecule has 0 aromatic carbocycles. The number of rotatable bonds is 4. The molecule has 5 heteroatoms. The Labute approximate surface area is 60.6 Å². The number of hydrogen-bond donors (Lipinski definition) is 0. The molecule has 0 amide bonds. The van der Waals surface area contributed by atoms with E-state index >= 15 is 0 Å². The number of carbonyl (C=O) groups is 1. The van der Waals surface area contributed by atoms with Gasteiger partial charge in [-0.1, -0.05) is 15.9 Å². The monoisotopic (exact) mass is 195 g/mol. The van der Waals surface area contributed by atoms with Gasteiger partial charge in [-0.25, -0.2) is 4.79 Å². The Morgan fingerprint density at radius 2 is 2.33 bits per heavy atom. The fourth-order valence-electron chi connectivity index (χ4n) is 0.298. The van der Waals surface area contributed by atoms with Gasteiger partial charge >= 0.3 is 5.97 Å². The Bertz CT molecular complexity index is 106. The average Bonchev–Trinajstić information content (AvgIpc) is 1.85. The molecule has 0 saturated heterocycles. The normalized spacial score (nSPS) is 8.56. The summed E-state index contributed by atoms with van der Waals surface area (Å²) in [7, 11) is 0. The summed E-state index contributed by atoms with van der Waals surface area (Å²) in [6.45, 7) is 0. The SMILES string of the molecule is O=NOC(=O)CCCBr. The van der Waals surface area contributed by atoms with Gasteiger partial charge in [-0.15, -0.1) is 4.91 Å². The Kier molecular flexibility index (Phi) is 5.40. The van der Waals surface area contributed by atoms with Crippen molar-refractivity contribution in [1.29, 1.82) is 0 Å². The Morgan fingerprint density at radius 3 is 2.78 bits per heavy atom. The maximum atomic E-state index is 10.3. The zero-order valence-corrected chi connectivity index (χ0v) is 6.26. The summed E-state index contributed by atoms with van der Waals surface area (Å²) in [5, 5.41) is 2.70. The first-order valence-electron chi connectivity index (χ1n) is 2.39. The van der Waals surface area contributed by atoms with Crippen molar-refractivity contribution in [3.05, 3.63) is 4.91 Å². The predicted molar refractivity (Wildman–Crippen MR) is 34.9 cm³/mol. The van der Waals surface area contributed by atoms with Crippen LogP contribution in [0.1, 0.15) is 12.8 Å². The molecule has 4 nitrogen and oxygen atoms in total. The second-order valence-corrected chi connectivity index (χ2v) is 2.12. The van der Waals surface area contributed by atoms with Gasteiger partial charge in [0.1, 0.15) is 0 Å². The van der Waals surface area contributed by atoms with Crippen molar-refractivity contribution >= 4 is 21.9 Å². The second-order valence-electron chi connectivity index (χ2n) is 1.33. The van der Waals surface area contributed by atoms with Gasteiger partial charge in [0.2, 0.25) is 0 Å². The first-order chi connectivity index (χ1) is 4.31. The quantitative estimate of drug-likeness (QED) is 0.387. The summed E-state index contributed by atoms with van der Waals surface area (Å²) >= 11 is 3.11. The molecule has 0 aromatic rings. The molecule has 0 aliphatic heterocycles. The molecule has 9 heavy (non-hydrogen) atoms. The van der Waals surface area contributed by atoms with Crippen molar-refractivity contribution in [2.75, 3.05) is 5.33 Å². The molecule has 0 rings (SSSR count). The Morgan fingerprint density at radius 1 is 1.67 bits per heavy atom. The van der Waals surface area contributed by atoms with Crippen molar-refractivity contribution in [2.45, 2.75) is 12.8 Å². The van der Waals surface area contributed by atoms with E-state index in [1.807, 2.05) is 5.34 Å². The molecule has 0 heterocycles. The molecule has 0 unspecified atom stereocenters. The maximum absolute atomic E-state index is 10.3. The van der Waals surface area contributed by atoms with E-state index in [2.05, 4.69) is 20.8 Å². The third-order valence-corrected chi connectivity index (χ3v) is 1.21. The number of hydrogen-bond acceptors (Lipinski definition) is 4. The van der Waals surface area contributed by atoms with Gasteiger partial charge in [-0.3, -0.25) is 4.84 Å². The van der Waals surface area contributed by atoms with Gasteiger partial charge < -0.3 is 0 Å². The third kappa shape index (κ3) is 5.42. The minimum Gasteiger partial charge on any atom is -0.285 e. The highest BCUT2D eigenvalue weighted by atomic mass is 79.9. The molecule has 0 spiro atoms. The lowest BCUT2D eigenvalue weighted by Crippen LogP contribution is -1.98. The van der Waals surface area contributed by atoms with Gasteiger partial charge in [-0.05, 0) is 6.42 Å². The lowest BCUT2D eigenvalue weighted by molar-refractivity contribution is -0.143.